The number of fused-ring (bicyclic) bond motifs is 1. The van der Waals surface area contributed by atoms with Crippen molar-refractivity contribution in [2.75, 3.05) is 6.54 Å². The molecule has 0 aromatic carbocycles. The molecule has 0 bridgehead atoms. The van der Waals surface area contributed by atoms with Gasteiger partial charge in [-0.25, -0.2) is 9.78 Å². The molecule has 2 N–H and O–H groups in total. The van der Waals surface area contributed by atoms with E-state index in [0.717, 1.165) is 29.5 Å². The highest BCUT2D eigenvalue weighted by molar-refractivity contribution is 5.84. The zero-order valence-electron chi connectivity index (χ0n) is 17.2. The number of rotatable bonds is 4. The molecule has 8 nitrogen and oxygen atoms in total. The van der Waals surface area contributed by atoms with Gasteiger partial charge in [-0.1, -0.05) is 0 Å². The van der Waals surface area contributed by atoms with E-state index in [2.05, 4.69) is 15.2 Å². The molecule has 30 heavy (non-hydrogen) atoms. The van der Waals surface area contributed by atoms with Crippen molar-refractivity contribution in [3.8, 4) is 0 Å². The number of imidazole rings is 1. The molecular formula is C19H25F3N4O4. The van der Waals surface area contributed by atoms with Crippen LogP contribution in [0.4, 0.5) is 13.2 Å². The Morgan fingerprint density at radius 3 is 2.50 bits per heavy atom. The summed E-state index contributed by atoms with van der Waals surface area (Å²) in [7, 11) is 1.95. The van der Waals surface area contributed by atoms with Gasteiger partial charge >= 0.3 is 12.1 Å². The van der Waals surface area contributed by atoms with Crippen LogP contribution in [-0.4, -0.2) is 50.2 Å². The molecule has 0 aliphatic carbocycles. The number of carbonyl (C=O) groups is 2. The first-order valence-electron chi connectivity index (χ1n) is 9.26. The summed E-state index contributed by atoms with van der Waals surface area (Å²) in [4.78, 5) is 28.2. The van der Waals surface area contributed by atoms with E-state index >= 15 is 0 Å². The number of aryl methyl sites for hydroxylation is 2. The standard InChI is InChI=1S/C17H24N4O2.C2HF3O2/c1-11(2)19-17(22)14-8-21(7-13-6-5-12(3)23-13)9-15-16(14)20(4)10-18-15;3-2(4,5)1(6)7/h5-6,10-11,14H,7-9H2,1-4H3,(H,19,22);(H,6,7). The normalized spacial score (nSPS) is 16.6. The van der Waals surface area contributed by atoms with Crippen LogP contribution in [0.2, 0.25) is 0 Å². The number of furan rings is 1. The van der Waals surface area contributed by atoms with Crippen LogP contribution in [0.5, 0.6) is 0 Å². The van der Waals surface area contributed by atoms with Gasteiger partial charge in [0.1, 0.15) is 11.5 Å². The number of carboxylic acid groups (broad SMARTS) is 1. The zero-order chi connectivity index (χ0) is 22.6. The lowest BCUT2D eigenvalue weighted by Crippen LogP contribution is -2.43. The molecule has 0 fully saturated rings. The van der Waals surface area contributed by atoms with Crippen molar-refractivity contribution in [1.82, 2.24) is 19.8 Å². The van der Waals surface area contributed by atoms with Gasteiger partial charge in [-0.15, -0.1) is 0 Å². The largest absolute Gasteiger partial charge is 0.490 e. The van der Waals surface area contributed by atoms with Crippen molar-refractivity contribution >= 4 is 11.9 Å². The Kier molecular flexibility index (Phi) is 7.30. The zero-order valence-corrected chi connectivity index (χ0v) is 17.2. The quantitative estimate of drug-likeness (QED) is 0.773. The fraction of sp³-hybridized carbons (Fsp3) is 0.526. The van der Waals surface area contributed by atoms with Crippen molar-refractivity contribution < 1.29 is 32.3 Å². The Morgan fingerprint density at radius 1 is 1.37 bits per heavy atom. The number of halogens is 3. The Morgan fingerprint density at radius 2 is 2.00 bits per heavy atom. The van der Waals surface area contributed by atoms with Crippen LogP contribution in [0.1, 0.15) is 42.7 Å². The number of hydrogen-bond donors (Lipinski definition) is 2. The summed E-state index contributed by atoms with van der Waals surface area (Å²) in [6.45, 7) is 8.00. The lowest BCUT2D eigenvalue weighted by Gasteiger charge is -2.32. The number of aromatic nitrogens is 2. The maximum Gasteiger partial charge on any atom is 0.490 e. The SMILES string of the molecule is Cc1ccc(CN2Cc3ncn(C)c3C(C(=O)NC(C)C)C2)o1.O=C(O)C(F)(F)F. The van der Waals surface area contributed by atoms with Crippen molar-refractivity contribution in [2.24, 2.45) is 7.05 Å². The lowest BCUT2D eigenvalue weighted by atomic mass is 9.96. The third-order valence-corrected chi connectivity index (χ3v) is 4.37. The predicted octanol–water partition coefficient (Wildman–Crippen LogP) is 2.58. The van der Waals surface area contributed by atoms with Gasteiger partial charge in [-0.2, -0.15) is 13.2 Å². The summed E-state index contributed by atoms with van der Waals surface area (Å²) in [5.74, 6) is -1.07. The van der Waals surface area contributed by atoms with E-state index in [9.17, 15) is 18.0 Å². The molecule has 11 heteroatoms. The van der Waals surface area contributed by atoms with Crippen LogP contribution in [0.3, 0.4) is 0 Å². The van der Waals surface area contributed by atoms with E-state index < -0.39 is 12.1 Å². The second-order valence-electron chi connectivity index (χ2n) is 7.39. The minimum atomic E-state index is -5.08. The molecule has 1 amide bonds. The summed E-state index contributed by atoms with van der Waals surface area (Å²) >= 11 is 0. The van der Waals surface area contributed by atoms with Crippen LogP contribution < -0.4 is 5.32 Å². The minimum Gasteiger partial charge on any atom is -0.475 e. The average molecular weight is 430 g/mol. The number of nitrogens with zero attached hydrogens (tertiary/aromatic N) is 3. The number of alkyl halides is 3. The molecule has 1 atom stereocenters. The van der Waals surface area contributed by atoms with Gasteiger partial charge in [0, 0.05) is 26.2 Å². The van der Waals surface area contributed by atoms with Gasteiger partial charge in [0.15, 0.2) is 0 Å². The Labute approximate surface area is 171 Å². The Balaban J connectivity index is 0.000000396. The van der Waals surface area contributed by atoms with Gasteiger partial charge < -0.3 is 19.4 Å². The first-order chi connectivity index (χ1) is 13.9. The van der Waals surface area contributed by atoms with Crippen molar-refractivity contribution in [3.05, 3.63) is 41.4 Å². The topological polar surface area (TPSA) is 101 Å². The number of amides is 1. The fourth-order valence-electron chi connectivity index (χ4n) is 3.18. The van der Waals surface area contributed by atoms with E-state index in [1.807, 2.05) is 44.5 Å². The van der Waals surface area contributed by atoms with Crippen LogP contribution in [-0.2, 0) is 29.7 Å². The van der Waals surface area contributed by atoms with Gasteiger partial charge in [0.25, 0.3) is 0 Å². The molecule has 0 saturated carbocycles. The molecule has 1 aliphatic rings. The second kappa shape index (κ2) is 9.33. The maximum absolute atomic E-state index is 12.6. The molecule has 1 unspecified atom stereocenters. The van der Waals surface area contributed by atoms with E-state index in [0.29, 0.717) is 13.1 Å². The molecule has 166 valence electrons. The number of hydrogen-bond acceptors (Lipinski definition) is 5. The first kappa shape index (κ1) is 23.5. The third-order valence-electron chi connectivity index (χ3n) is 4.37. The second-order valence-corrected chi connectivity index (χ2v) is 7.39. The molecule has 0 saturated heterocycles. The van der Waals surface area contributed by atoms with Crippen LogP contribution >= 0.6 is 0 Å². The number of aliphatic carboxylic acids is 1. The molecule has 0 spiro atoms. The monoisotopic (exact) mass is 430 g/mol. The summed E-state index contributed by atoms with van der Waals surface area (Å²) in [5.41, 5.74) is 2.00. The van der Waals surface area contributed by atoms with E-state index in [-0.39, 0.29) is 17.9 Å². The highest BCUT2D eigenvalue weighted by atomic mass is 19.4. The van der Waals surface area contributed by atoms with Crippen molar-refractivity contribution in [1.29, 1.82) is 0 Å². The fourth-order valence-corrected chi connectivity index (χ4v) is 3.18. The minimum absolute atomic E-state index is 0.0603. The smallest absolute Gasteiger partial charge is 0.475 e. The summed E-state index contributed by atoms with van der Waals surface area (Å²) in [6.07, 6.45) is -3.29. The number of nitrogens with one attached hydrogen (secondary N) is 1. The predicted molar refractivity (Wildman–Crippen MR) is 100 cm³/mol. The van der Waals surface area contributed by atoms with Crippen molar-refractivity contribution in [3.63, 3.8) is 0 Å². The maximum atomic E-state index is 12.6. The average Bonchev–Trinajstić information content (AvgIpc) is 3.19. The van der Waals surface area contributed by atoms with Crippen LogP contribution in [0.15, 0.2) is 22.9 Å². The van der Waals surface area contributed by atoms with Crippen LogP contribution in [0.25, 0.3) is 0 Å². The molecule has 2 aromatic rings. The molecule has 2 aromatic heterocycles. The number of carbonyl (C=O) groups excluding carboxylic acids is 1. The van der Waals surface area contributed by atoms with Gasteiger partial charge in [0.05, 0.1) is 30.2 Å². The van der Waals surface area contributed by atoms with Crippen LogP contribution in [0, 0.1) is 6.92 Å². The summed E-state index contributed by atoms with van der Waals surface area (Å²) < 4.78 is 39.4. The highest BCUT2D eigenvalue weighted by Crippen LogP contribution is 2.29. The molecule has 3 heterocycles. The van der Waals surface area contributed by atoms with E-state index in [4.69, 9.17) is 14.3 Å². The lowest BCUT2D eigenvalue weighted by molar-refractivity contribution is -0.192. The highest BCUT2D eigenvalue weighted by Gasteiger charge is 2.38. The van der Waals surface area contributed by atoms with Gasteiger partial charge in [0.2, 0.25) is 5.91 Å². The molecular weight excluding hydrogens is 405 g/mol. The van der Waals surface area contributed by atoms with Crippen molar-refractivity contribution in [2.45, 2.75) is 52.0 Å². The van der Waals surface area contributed by atoms with Gasteiger partial charge in [-0.05, 0) is 32.9 Å². The van der Waals surface area contributed by atoms with Gasteiger partial charge in [-0.3, -0.25) is 9.69 Å². The van der Waals surface area contributed by atoms with E-state index in [1.54, 1.807) is 6.33 Å². The third kappa shape index (κ3) is 6.09. The first-order valence-corrected chi connectivity index (χ1v) is 9.26. The summed E-state index contributed by atoms with van der Waals surface area (Å²) in [6, 6.07) is 4.09. The van der Waals surface area contributed by atoms with E-state index in [1.165, 1.54) is 0 Å². The number of carboxylic acids is 1. The molecule has 0 radical (unpaired) electrons. The Bertz CT molecular complexity index is 889. The molecule has 1 aliphatic heterocycles. The Hall–Kier alpha value is -2.82. The summed E-state index contributed by atoms with van der Waals surface area (Å²) in [5, 5.41) is 10.2. The molecule has 3 rings (SSSR count).